The third kappa shape index (κ3) is 5.27. The summed E-state index contributed by atoms with van der Waals surface area (Å²) in [6.45, 7) is 2.99. The Balaban J connectivity index is 1.73. The zero-order valence-electron chi connectivity index (χ0n) is 14.0. The number of aromatic nitrogens is 2. The fourth-order valence-electron chi connectivity index (χ4n) is 2.66. The maximum Gasteiger partial charge on any atom is 0.0946 e. The molecule has 0 fully saturated rings. The predicted molar refractivity (Wildman–Crippen MR) is 108 cm³/mol. The van der Waals surface area contributed by atoms with E-state index in [1.807, 2.05) is 36.9 Å². The zero-order chi connectivity index (χ0) is 17.6. The number of benzene rings is 2. The normalized spacial score (nSPS) is 12.3. The molecule has 0 radical (unpaired) electrons. The standard InChI is InChI=1S/C20H20Cl2N2S/c1-15-5-7-16(8-6-15)9-10-17(13-24-12-11-23-14-24)25-20-18(21)3-2-4-19(20)22/h2-8,11-12,14,17H,9-10,13H2,1H3. The fourth-order valence-corrected chi connectivity index (χ4v) is 4.50. The van der Waals surface area contributed by atoms with Crippen LogP contribution in [0.4, 0.5) is 0 Å². The SMILES string of the molecule is Cc1ccc(CCC(Cn2ccnc2)Sc2c(Cl)cccc2Cl)cc1. The maximum absolute atomic E-state index is 6.37. The minimum atomic E-state index is 0.355. The van der Waals surface area contributed by atoms with Gasteiger partial charge in [0.15, 0.2) is 0 Å². The van der Waals surface area contributed by atoms with Gasteiger partial charge in [-0.1, -0.05) is 59.1 Å². The van der Waals surface area contributed by atoms with Crippen molar-refractivity contribution in [3.63, 3.8) is 0 Å². The van der Waals surface area contributed by atoms with Gasteiger partial charge < -0.3 is 4.57 Å². The third-order valence-electron chi connectivity index (χ3n) is 4.05. The summed E-state index contributed by atoms with van der Waals surface area (Å²) in [5, 5.41) is 1.78. The summed E-state index contributed by atoms with van der Waals surface area (Å²) in [4.78, 5) is 5.11. The first-order valence-electron chi connectivity index (χ1n) is 8.24. The summed E-state index contributed by atoms with van der Waals surface area (Å²) in [6.07, 6.45) is 7.72. The fraction of sp³-hybridized carbons (Fsp3) is 0.250. The third-order valence-corrected chi connectivity index (χ3v) is 6.30. The van der Waals surface area contributed by atoms with Gasteiger partial charge in [0.2, 0.25) is 0 Å². The molecule has 5 heteroatoms. The largest absolute Gasteiger partial charge is 0.336 e. The van der Waals surface area contributed by atoms with Crippen molar-refractivity contribution in [2.45, 2.75) is 36.5 Å². The molecule has 0 amide bonds. The lowest BCUT2D eigenvalue weighted by molar-refractivity contribution is 0.624. The Kier molecular flexibility index (Phi) is 6.46. The molecule has 0 bridgehead atoms. The first kappa shape index (κ1) is 18.4. The zero-order valence-corrected chi connectivity index (χ0v) is 16.4. The lowest BCUT2D eigenvalue weighted by atomic mass is 10.1. The molecule has 2 nitrogen and oxygen atoms in total. The Labute approximate surface area is 163 Å². The Hall–Kier alpha value is -1.42. The van der Waals surface area contributed by atoms with E-state index in [9.17, 15) is 0 Å². The Morgan fingerprint density at radius 3 is 2.44 bits per heavy atom. The molecule has 1 atom stereocenters. The number of aryl methyl sites for hydroxylation is 2. The molecule has 3 aromatic rings. The lowest BCUT2D eigenvalue weighted by Crippen LogP contribution is -2.13. The molecular formula is C20H20Cl2N2S. The van der Waals surface area contributed by atoms with Crippen LogP contribution in [-0.2, 0) is 13.0 Å². The van der Waals surface area contributed by atoms with E-state index in [4.69, 9.17) is 23.2 Å². The predicted octanol–water partition coefficient (Wildman–Crippen LogP) is 6.29. The smallest absolute Gasteiger partial charge is 0.0946 e. The van der Waals surface area contributed by atoms with Crippen molar-refractivity contribution in [1.29, 1.82) is 0 Å². The monoisotopic (exact) mass is 390 g/mol. The number of thioether (sulfide) groups is 1. The van der Waals surface area contributed by atoms with Gasteiger partial charge in [-0.3, -0.25) is 0 Å². The Morgan fingerprint density at radius 1 is 1.08 bits per heavy atom. The number of hydrogen-bond donors (Lipinski definition) is 0. The maximum atomic E-state index is 6.37. The minimum absolute atomic E-state index is 0.355. The number of hydrogen-bond acceptors (Lipinski definition) is 2. The first-order valence-corrected chi connectivity index (χ1v) is 9.87. The van der Waals surface area contributed by atoms with Gasteiger partial charge in [-0.05, 0) is 37.5 Å². The highest BCUT2D eigenvalue weighted by atomic mass is 35.5. The summed E-state index contributed by atoms with van der Waals surface area (Å²) in [5.41, 5.74) is 2.64. The Bertz CT molecular complexity index is 781. The molecule has 0 saturated heterocycles. The van der Waals surface area contributed by atoms with Crippen LogP contribution in [0.5, 0.6) is 0 Å². The van der Waals surface area contributed by atoms with E-state index < -0.39 is 0 Å². The van der Waals surface area contributed by atoms with Crippen LogP contribution in [0.3, 0.4) is 0 Å². The van der Waals surface area contributed by atoms with Crippen LogP contribution < -0.4 is 0 Å². The van der Waals surface area contributed by atoms with Gasteiger partial charge in [0.25, 0.3) is 0 Å². The van der Waals surface area contributed by atoms with Crippen LogP contribution in [0.25, 0.3) is 0 Å². The van der Waals surface area contributed by atoms with Gasteiger partial charge in [0, 0.05) is 29.1 Å². The molecule has 3 rings (SSSR count). The van der Waals surface area contributed by atoms with E-state index in [1.165, 1.54) is 11.1 Å². The van der Waals surface area contributed by atoms with E-state index in [-0.39, 0.29) is 0 Å². The second-order valence-corrected chi connectivity index (χ2v) is 8.20. The molecule has 25 heavy (non-hydrogen) atoms. The lowest BCUT2D eigenvalue weighted by Gasteiger charge is -2.19. The Morgan fingerprint density at radius 2 is 1.80 bits per heavy atom. The van der Waals surface area contributed by atoms with Crippen LogP contribution in [0.1, 0.15) is 17.5 Å². The summed E-state index contributed by atoms with van der Waals surface area (Å²) in [5.74, 6) is 0. The second kappa shape index (κ2) is 8.79. The van der Waals surface area contributed by atoms with Crippen molar-refractivity contribution < 1.29 is 0 Å². The van der Waals surface area contributed by atoms with E-state index in [1.54, 1.807) is 11.8 Å². The van der Waals surface area contributed by atoms with Gasteiger partial charge in [-0.25, -0.2) is 4.98 Å². The highest BCUT2D eigenvalue weighted by Crippen LogP contribution is 2.38. The average molecular weight is 391 g/mol. The van der Waals surface area contributed by atoms with Crippen molar-refractivity contribution in [2.75, 3.05) is 0 Å². The molecule has 2 aromatic carbocycles. The first-order chi connectivity index (χ1) is 12.1. The van der Waals surface area contributed by atoms with Gasteiger partial charge in [-0.2, -0.15) is 0 Å². The van der Waals surface area contributed by atoms with Gasteiger partial charge in [0.1, 0.15) is 0 Å². The quantitative estimate of drug-likeness (QED) is 0.441. The second-order valence-electron chi connectivity index (χ2n) is 6.07. The van der Waals surface area contributed by atoms with Crippen LogP contribution in [-0.4, -0.2) is 14.8 Å². The molecule has 0 aliphatic carbocycles. The molecule has 0 spiro atoms. The number of rotatable bonds is 7. The van der Waals surface area contributed by atoms with E-state index in [0.717, 1.165) is 24.3 Å². The molecule has 0 N–H and O–H groups in total. The minimum Gasteiger partial charge on any atom is -0.336 e. The van der Waals surface area contributed by atoms with Crippen molar-refractivity contribution in [2.24, 2.45) is 0 Å². The summed E-state index contributed by atoms with van der Waals surface area (Å²) < 4.78 is 2.11. The summed E-state index contributed by atoms with van der Waals surface area (Å²) in [6, 6.07) is 14.4. The number of nitrogens with zero attached hydrogens (tertiary/aromatic N) is 2. The van der Waals surface area contributed by atoms with E-state index in [0.29, 0.717) is 15.3 Å². The van der Waals surface area contributed by atoms with E-state index in [2.05, 4.69) is 40.7 Å². The molecule has 1 heterocycles. The molecule has 1 unspecified atom stereocenters. The van der Waals surface area contributed by atoms with Crippen LogP contribution >= 0.6 is 35.0 Å². The number of imidazole rings is 1. The molecular weight excluding hydrogens is 371 g/mol. The van der Waals surface area contributed by atoms with Gasteiger partial charge >= 0.3 is 0 Å². The van der Waals surface area contributed by atoms with Crippen molar-refractivity contribution in [3.05, 3.63) is 82.4 Å². The molecule has 0 aliphatic heterocycles. The van der Waals surface area contributed by atoms with Crippen molar-refractivity contribution in [3.8, 4) is 0 Å². The van der Waals surface area contributed by atoms with Crippen LogP contribution in [0.15, 0.2) is 66.1 Å². The summed E-state index contributed by atoms with van der Waals surface area (Å²) in [7, 11) is 0. The molecule has 0 saturated carbocycles. The van der Waals surface area contributed by atoms with Crippen molar-refractivity contribution in [1.82, 2.24) is 9.55 Å². The van der Waals surface area contributed by atoms with Gasteiger partial charge in [0.05, 0.1) is 16.4 Å². The highest BCUT2D eigenvalue weighted by Gasteiger charge is 2.16. The van der Waals surface area contributed by atoms with E-state index >= 15 is 0 Å². The average Bonchev–Trinajstić information content (AvgIpc) is 3.10. The molecule has 1 aromatic heterocycles. The molecule has 0 aliphatic rings. The highest BCUT2D eigenvalue weighted by molar-refractivity contribution is 8.00. The van der Waals surface area contributed by atoms with Crippen LogP contribution in [0, 0.1) is 6.92 Å². The van der Waals surface area contributed by atoms with Gasteiger partial charge in [-0.15, -0.1) is 11.8 Å². The summed E-state index contributed by atoms with van der Waals surface area (Å²) >= 11 is 14.5. The van der Waals surface area contributed by atoms with Crippen LogP contribution in [0.2, 0.25) is 10.0 Å². The number of halogens is 2. The topological polar surface area (TPSA) is 17.8 Å². The molecule has 130 valence electrons. The van der Waals surface area contributed by atoms with Crippen molar-refractivity contribution >= 4 is 35.0 Å².